The van der Waals surface area contributed by atoms with Crippen molar-refractivity contribution < 1.29 is 4.74 Å². The average Bonchev–Trinajstić information content (AvgIpc) is 2.21. The maximum Gasteiger partial charge on any atom is 0.117 e. The summed E-state index contributed by atoms with van der Waals surface area (Å²) < 4.78 is 5.32. The Balaban J connectivity index is 2.19. The molecule has 2 unspecified atom stereocenters. The number of fused-ring (bicyclic) bond motifs is 2. The van der Waals surface area contributed by atoms with Crippen LogP contribution in [0.3, 0.4) is 0 Å². The zero-order valence-corrected chi connectivity index (χ0v) is 4.89. The smallest absolute Gasteiger partial charge is 0.117 e. The molecule has 2 atom stereocenters. The molecule has 1 aliphatic heterocycles. The Kier molecular flexibility index (Phi) is 0.746. The first-order valence-electron chi connectivity index (χ1n) is 3.21. The van der Waals surface area contributed by atoms with E-state index in [-0.39, 0.29) is 5.72 Å². The van der Waals surface area contributed by atoms with Crippen LogP contribution in [0.1, 0.15) is 19.3 Å². The number of hydrogen-bond donors (Lipinski definition) is 1. The van der Waals surface area contributed by atoms with Gasteiger partial charge < -0.3 is 10.5 Å². The van der Waals surface area contributed by atoms with Crippen molar-refractivity contribution in [1.82, 2.24) is 0 Å². The van der Waals surface area contributed by atoms with E-state index in [2.05, 4.69) is 0 Å². The predicted octanol–water partition coefficient (Wildman–Crippen LogP) is 0.472. The molecule has 1 saturated heterocycles. The largest absolute Gasteiger partial charge is 0.361 e. The molecule has 2 bridgehead atoms. The Labute approximate surface area is 49.0 Å². The number of nitrogens with two attached hydrogens (primary N) is 1. The van der Waals surface area contributed by atoms with E-state index < -0.39 is 0 Å². The highest BCUT2D eigenvalue weighted by molar-refractivity contribution is 4.91. The third-order valence-electron chi connectivity index (χ3n) is 2.22. The van der Waals surface area contributed by atoms with Gasteiger partial charge in [-0.15, -0.1) is 0 Å². The van der Waals surface area contributed by atoms with Gasteiger partial charge in [0.1, 0.15) is 5.72 Å². The van der Waals surface area contributed by atoms with Crippen molar-refractivity contribution >= 4 is 0 Å². The van der Waals surface area contributed by atoms with Gasteiger partial charge in [-0.05, 0) is 25.2 Å². The van der Waals surface area contributed by atoms with E-state index in [1.165, 1.54) is 6.42 Å². The molecule has 8 heavy (non-hydrogen) atoms. The third kappa shape index (κ3) is 0.501. The molecule has 2 N–H and O–H groups in total. The molecule has 0 aromatic heterocycles. The first kappa shape index (κ1) is 4.77. The molecule has 0 spiro atoms. The fourth-order valence-corrected chi connectivity index (χ4v) is 1.70. The molecule has 2 rings (SSSR count). The minimum Gasteiger partial charge on any atom is -0.361 e. The van der Waals surface area contributed by atoms with Gasteiger partial charge in [-0.1, -0.05) is 0 Å². The monoisotopic (exact) mass is 113 g/mol. The van der Waals surface area contributed by atoms with Gasteiger partial charge in [0.25, 0.3) is 0 Å². The standard InChI is InChI=1S/C6H11NO/c7-6-2-1-5(3-6)4-8-6/h5H,1-4,7H2. The Morgan fingerprint density at radius 1 is 1.62 bits per heavy atom. The molecule has 2 nitrogen and oxygen atoms in total. The van der Waals surface area contributed by atoms with Crippen molar-refractivity contribution in [3.63, 3.8) is 0 Å². The maximum absolute atomic E-state index is 5.78. The first-order chi connectivity index (χ1) is 3.79. The van der Waals surface area contributed by atoms with Crippen molar-refractivity contribution in [1.29, 1.82) is 0 Å². The van der Waals surface area contributed by atoms with Gasteiger partial charge in [0.15, 0.2) is 0 Å². The molecule has 1 heterocycles. The van der Waals surface area contributed by atoms with Crippen LogP contribution in [0.5, 0.6) is 0 Å². The molecule has 0 aromatic rings. The Bertz CT molecular complexity index is 105. The lowest BCUT2D eigenvalue weighted by atomic mass is 10.1. The van der Waals surface area contributed by atoms with Crippen molar-refractivity contribution in [2.45, 2.75) is 25.0 Å². The summed E-state index contributed by atoms with van der Waals surface area (Å²) in [6.45, 7) is 0.913. The molecular formula is C6H11NO. The average molecular weight is 113 g/mol. The highest BCUT2D eigenvalue weighted by Crippen LogP contribution is 2.40. The predicted molar refractivity (Wildman–Crippen MR) is 30.2 cm³/mol. The van der Waals surface area contributed by atoms with Gasteiger partial charge in [-0.3, -0.25) is 0 Å². The van der Waals surface area contributed by atoms with Crippen LogP contribution in [0, 0.1) is 5.92 Å². The highest BCUT2D eigenvalue weighted by atomic mass is 16.5. The minimum atomic E-state index is -0.190. The fraction of sp³-hybridized carbons (Fsp3) is 1.00. The van der Waals surface area contributed by atoms with E-state index in [0.29, 0.717) is 0 Å². The van der Waals surface area contributed by atoms with Crippen molar-refractivity contribution in [3.05, 3.63) is 0 Å². The molecule has 0 radical (unpaired) electrons. The van der Waals surface area contributed by atoms with Crippen molar-refractivity contribution in [2.24, 2.45) is 11.7 Å². The summed E-state index contributed by atoms with van der Waals surface area (Å²) in [5.41, 5.74) is 5.59. The van der Waals surface area contributed by atoms with Crippen LogP contribution in [0.15, 0.2) is 0 Å². The van der Waals surface area contributed by atoms with E-state index in [1.807, 2.05) is 0 Å². The Morgan fingerprint density at radius 2 is 2.50 bits per heavy atom. The normalized spacial score (nSPS) is 52.9. The zero-order chi connectivity index (χ0) is 5.61. The summed E-state index contributed by atoms with van der Waals surface area (Å²) in [6.07, 6.45) is 3.47. The first-order valence-corrected chi connectivity index (χ1v) is 3.21. The van der Waals surface area contributed by atoms with Crippen LogP contribution in [-0.4, -0.2) is 12.3 Å². The topological polar surface area (TPSA) is 35.2 Å². The summed E-state index contributed by atoms with van der Waals surface area (Å²) in [4.78, 5) is 0. The number of ether oxygens (including phenoxy) is 1. The molecule has 2 heteroatoms. The van der Waals surface area contributed by atoms with Crippen LogP contribution in [0.2, 0.25) is 0 Å². The minimum absolute atomic E-state index is 0.190. The van der Waals surface area contributed by atoms with E-state index in [9.17, 15) is 0 Å². The van der Waals surface area contributed by atoms with Crippen LogP contribution in [-0.2, 0) is 4.74 Å². The SMILES string of the molecule is NC12CCC(CO1)C2. The number of hydrogen-bond acceptors (Lipinski definition) is 2. The molecule has 0 aromatic carbocycles. The van der Waals surface area contributed by atoms with Gasteiger partial charge in [-0.25, -0.2) is 0 Å². The van der Waals surface area contributed by atoms with Crippen LogP contribution in [0.25, 0.3) is 0 Å². The molecule has 0 amide bonds. The van der Waals surface area contributed by atoms with Gasteiger partial charge >= 0.3 is 0 Å². The molecule has 1 saturated carbocycles. The van der Waals surface area contributed by atoms with Gasteiger partial charge in [0, 0.05) is 0 Å². The van der Waals surface area contributed by atoms with Gasteiger partial charge in [-0.2, -0.15) is 0 Å². The second kappa shape index (κ2) is 1.25. The van der Waals surface area contributed by atoms with Gasteiger partial charge in [0.05, 0.1) is 6.61 Å². The summed E-state index contributed by atoms with van der Waals surface area (Å²) in [5.74, 6) is 0.792. The van der Waals surface area contributed by atoms with Crippen LogP contribution >= 0.6 is 0 Å². The number of rotatable bonds is 0. The lowest BCUT2D eigenvalue weighted by molar-refractivity contribution is -0.0117. The molecule has 1 aliphatic carbocycles. The van der Waals surface area contributed by atoms with E-state index in [1.54, 1.807) is 0 Å². The second-order valence-corrected chi connectivity index (χ2v) is 2.98. The molecule has 2 fully saturated rings. The third-order valence-corrected chi connectivity index (χ3v) is 2.22. The summed E-state index contributed by atoms with van der Waals surface area (Å²) in [6, 6.07) is 0. The Hall–Kier alpha value is -0.0800. The fourth-order valence-electron chi connectivity index (χ4n) is 1.70. The quantitative estimate of drug-likeness (QED) is 0.495. The van der Waals surface area contributed by atoms with Gasteiger partial charge in [0.2, 0.25) is 0 Å². The second-order valence-electron chi connectivity index (χ2n) is 2.98. The van der Waals surface area contributed by atoms with Crippen molar-refractivity contribution in [2.75, 3.05) is 6.61 Å². The van der Waals surface area contributed by atoms with Crippen molar-refractivity contribution in [3.8, 4) is 0 Å². The highest BCUT2D eigenvalue weighted by Gasteiger charge is 2.42. The summed E-state index contributed by atoms with van der Waals surface area (Å²) >= 11 is 0. The van der Waals surface area contributed by atoms with Crippen LogP contribution < -0.4 is 5.73 Å². The Morgan fingerprint density at radius 3 is 2.62 bits per heavy atom. The van der Waals surface area contributed by atoms with E-state index in [0.717, 1.165) is 25.4 Å². The lowest BCUT2D eigenvalue weighted by Crippen LogP contribution is -2.36. The zero-order valence-electron chi connectivity index (χ0n) is 4.89. The summed E-state index contributed by atoms with van der Waals surface area (Å²) in [7, 11) is 0. The molecule has 2 aliphatic rings. The summed E-state index contributed by atoms with van der Waals surface area (Å²) in [5, 5.41) is 0. The molecule has 46 valence electrons. The molecular weight excluding hydrogens is 102 g/mol. The lowest BCUT2D eigenvalue weighted by Gasteiger charge is -2.20. The van der Waals surface area contributed by atoms with E-state index >= 15 is 0 Å². The van der Waals surface area contributed by atoms with E-state index in [4.69, 9.17) is 10.5 Å². The van der Waals surface area contributed by atoms with Crippen LogP contribution in [0.4, 0.5) is 0 Å². The maximum atomic E-state index is 5.78.